The molecule has 2 N–H and O–H groups in total. The van der Waals surface area contributed by atoms with Crippen molar-refractivity contribution in [2.75, 3.05) is 39.6 Å². The molecule has 0 saturated heterocycles. The Hall–Kier alpha value is -1.56. The minimum atomic E-state index is -0.0670. The van der Waals surface area contributed by atoms with Gasteiger partial charge < -0.3 is 20.1 Å². The van der Waals surface area contributed by atoms with E-state index in [-0.39, 0.29) is 10.2 Å². The number of nitrogens with one attached hydrogen (secondary N) is 2. The Morgan fingerprint density at radius 2 is 1.72 bits per heavy atom. The summed E-state index contributed by atoms with van der Waals surface area (Å²) in [7, 11) is 1.80. The number of aliphatic imine (C=N–C) groups is 1. The molecule has 6 heteroatoms. The van der Waals surface area contributed by atoms with E-state index in [4.69, 9.17) is 9.47 Å². The summed E-state index contributed by atoms with van der Waals surface area (Å²) in [5.74, 6) is 2.49. The average molecular weight is 366 g/mol. The van der Waals surface area contributed by atoms with Crippen molar-refractivity contribution in [2.45, 2.75) is 37.9 Å². The van der Waals surface area contributed by atoms with Gasteiger partial charge in [0.25, 0.3) is 0 Å². The Morgan fingerprint density at radius 3 is 2.36 bits per heavy atom. The number of thioether (sulfide) groups is 1. The van der Waals surface area contributed by atoms with Crippen molar-refractivity contribution in [2.24, 2.45) is 4.99 Å². The van der Waals surface area contributed by atoms with E-state index >= 15 is 0 Å². The topological polar surface area (TPSA) is 54.9 Å². The molecule has 0 amide bonds. The van der Waals surface area contributed by atoms with E-state index in [0.29, 0.717) is 13.2 Å². The van der Waals surface area contributed by atoms with Crippen molar-refractivity contribution in [1.29, 1.82) is 0 Å². The molecule has 0 radical (unpaired) electrons. The third-order valence-electron chi connectivity index (χ3n) is 4.48. The van der Waals surface area contributed by atoms with E-state index < -0.39 is 0 Å². The maximum absolute atomic E-state index is 5.71. The zero-order valence-electron chi connectivity index (χ0n) is 16.2. The summed E-state index contributed by atoms with van der Waals surface area (Å²) < 4.78 is 11.5. The number of benzene rings is 1. The van der Waals surface area contributed by atoms with Crippen LogP contribution in [0.4, 0.5) is 0 Å². The number of nitrogens with zero attached hydrogens (tertiary/aromatic N) is 1. The lowest BCUT2D eigenvalue weighted by atomic mass is 9.84. The molecule has 25 heavy (non-hydrogen) atoms. The second kappa shape index (κ2) is 8.21. The zero-order chi connectivity index (χ0) is 18.5. The molecule has 1 aliphatic heterocycles. The van der Waals surface area contributed by atoms with Crippen molar-refractivity contribution < 1.29 is 9.47 Å². The van der Waals surface area contributed by atoms with Crippen LogP contribution in [0.1, 0.15) is 33.3 Å². The second-order valence-corrected chi connectivity index (χ2v) is 9.00. The number of fused-ring (bicyclic) bond motifs is 1. The van der Waals surface area contributed by atoms with Crippen LogP contribution >= 0.6 is 11.8 Å². The van der Waals surface area contributed by atoms with E-state index in [2.05, 4.69) is 61.7 Å². The van der Waals surface area contributed by atoms with Gasteiger partial charge in [-0.05, 0) is 37.8 Å². The van der Waals surface area contributed by atoms with Gasteiger partial charge in [0, 0.05) is 30.3 Å². The molecule has 0 saturated carbocycles. The predicted molar refractivity (Wildman–Crippen MR) is 107 cm³/mol. The number of hydrogen-bond donors (Lipinski definition) is 2. The molecule has 0 unspecified atom stereocenters. The predicted octanol–water partition coefficient (Wildman–Crippen LogP) is 3.04. The van der Waals surface area contributed by atoms with Gasteiger partial charge in [-0.15, -0.1) is 0 Å². The molecule has 0 bridgehead atoms. The minimum absolute atomic E-state index is 0.0670. The molecule has 0 atom stereocenters. The van der Waals surface area contributed by atoms with Gasteiger partial charge in [-0.2, -0.15) is 11.8 Å². The largest absolute Gasteiger partial charge is 0.486 e. The van der Waals surface area contributed by atoms with E-state index in [9.17, 15) is 0 Å². The summed E-state index contributed by atoms with van der Waals surface area (Å²) in [6.45, 7) is 11.7. The lowest BCUT2D eigenvalue weighted by Gasteiger charge is -2.29. The molecule has 1 aromatic rings. The van der Waals surface area contributed by atoms with Crippen molar-refractivity contribution in [3.8, 4) is 11.5 Å². The highest BCUT2D eigenvalue weighted by atomic mass is 32.2. The number of ether oxygens (including phenoxy) is 2. The maximum Gasteiger partial charge on any atom is 0.191 e. The van der Waals surface area contributed by atoms with Crippen molar-refractivity contribution in [3.05, 3.63) is 23.8 Å². The van der Waals surface area contributed by atoms with Crippen LogP contribution < -0.4 is 20.1 Å². The third-order valence-corrected chi connectivity index (χ3v) is 5.73. The van der Waals surface area contributed by atoms with Gasteiger partial charge in [0.1, 0.15) is 13.2 Å². The molecule has 0 aliphatic carbocycles. The fourth-order valence-electron chi connectivity index (χ4n) is 2.46. The number of hydrogen-bond acceptors (Lipinski definition) is 4. The van der Waals surface area contributed by atoms with E-state index in [1.165, 1.54) is 5.56 Å². The van der Waals surface area contributed by atoms with E-state index in [1.807, 2.05) is 17.8 Å². The maximum atomic E-state index is 5.71. The van der Waals surface area contributed by atoms with E-state index in [1.54, 1.807) is 7.05 Å². The fraction of sp³-hybridized carbons (Fsp3) is 0.632. The first-order valence-electron chi connectivity index (χ1n) is 8.67. The molecule has 1 aromatic carbocycles. The number of rotatable bonds is 6. The summed E-state index contributed by atoms with van der Waals surface area (Å²) in [6.07, 6.45) is 2.13. The smallest absolute Gasteiger partial charge is 0.191 e. The Balaban J connectivity index is 1.98. The highest BCUT2D eigenvalue weighted by Crippen LogP contribution is 2.34. The van der Waals surface area contributed by atoms with Gasteiger partial charge >= 0.3 is 0 Å². The Kier molecular flexibility index (Phi) is 6.49. The summed E-state index contributed by atoms with van der Waals surface area (Å²) in [5.41, 5.74) is 1.15. The molecule has 0 spiro atoms. The first kappa shape index (κ1) is 19.8. The van der Waals surface area contributed by atoms with Gasteiger partial charge in [0.2, 0.25) is 0 Å². The summed E-state index contributed by atoms with van der Waals surface area (Å²) >= 11 is 1.84. The van der Waals surface area contributed by atoms with Gasteiger partial charge in [0.15, 0.2) is 17.5 Å². The fourth-order valence-corrected chi connectivity index (χ4v) is 2.68. The molecular weight excluding hydrogens is 334 g/mol. The minimum Gasteiger partial charge on any atom is -0.486 e. The van der Waals surface area contributed by atoms with Crippen LogP contribution in [-0.2, 0) is 5.41 Å². The van der Waals surface area contributed by atoms with Crippen LogP contribution in [-0.4, -0.2) is 50.3 Å². The number of guanidine groups is 1. The Labute approximate surface area is 156 Å². The van der Waals surface area contributed by atoms with Gasteiger partial charge in [-0.1, -0.05) is 19.9 Å². The molecular formula is C19H31N3O2S. The highest BCUT2D eigenvalue weighted by molar-refractivity contribution is 7.99. The van der Waals surface area contributed by atoms with Crippen molar-refractivity contribution in [1.82, 2.24) is 10.6 Å². The Morgan fingerprint density at radius 1 is 1.08 bits per heavy atom. The highest BCUT2D eigenvalue weighted by Gasteiger charge is 2.24. The van der Waals surface area contributed by atoms with Crippen LogP contribution in [0, 0.1) is 0 Å². The van der Waals surface area contributed by atoms with Crippen molar-refractivity contribution >= 4 is 17.7 Å². The molecule has 5 nitrogen and oxygen atoms in total. The zero-order valence-corrected chi connectivity index (χ0v) is 17.0. The summed E-state index contributed by atoms with van der Waals surface area (Å²) in [4.78, 5) is 4.33. The quantitative estimate of drug-likeness (QED) is 0.599. The second-order valence-electron chi connectivity index (χ2n) is 7.49. The molecule has 0 fully saturated rings. The van der Waals surface area contributed by atoms with Crippen LogP contribution in [0.5, 0.6) is 11.5 Å². The van der Waals surface area contributed by atoms with Crippen LogP contribution in [0.3, 0.4) is 0 Å². The molecule has 2 rings (SSSR count). The van der Waals surface area contributed by atoms with Crippen LogP contribution in [0.2, 0.25) is 0 Å². The van der Waals surface area contributed by atoms with Crippen LogP contribution in [0.25, 0.3) is 0 Å². The molecule has 1 aliphatic rings. The first-order valence-corrected chi connectivity index (χ1v) is 9.90. The van der Waals surface area contributed by atoms with E-state index in [0.717, 1.165) is 30.5 Å². The first-order chi connectivity index (χ1) is 11.8. The summed E-state index contributed by atoms with van der Waals surface area (Å²) in [5, 5.41) is 6.85. The third kappa shape index (κ3) is 5.46. The Bertz CT molecular complexity index is 615. The SMILES string of the molecule is CN=C(NCC(C)(C)SC)NCC(C)(C)c1ccc2c(c1)OCCO2. The average Bonchev–Trinajstić information content (AvgIpc) is 2.61. The normalized spacial score (nSPS) is 15.0. The molecule has 0 aromatic heterocycles. The standard InChI is InChI=1S/C19H31N3O2S/c1-18(2,12-21-17(20-5)22-13-19(3,4)25-6)14-7-8-15-16(11-14)24-10-9-23-15/h7-8,11H,9-10,12-13H2,1-6H3,(H2,20,21,22). The van der Waals surface area contributed by atoms with Gasteiger partial charge in [-0.3, -0.25) is 4.99 Å². The van der Waals surface area contributed by atoms with Gasteiger partial charge in [-0.25, -0.2) is 0 Å². The molecule has 140 valence electrons. The monoisotopic (exact) mass is 365 g/mol. The van der Waals surface area contributed by atoms with Gasteiger partial charge in [0.05, 0.1) is 0 Å². The summed E-state index contributed by atoms with van der Waals surface area (Å²) in [6, 6.07) is 6.20. The van der Waals surface area contributed by atoms with Crippen LogP contribution in [0.15, 0.2) is 23.2 Å². The van der Waals surface area contributed by atoms with Crippen molar-refractivity contribution in [3.63, 3.8) is 0 Å². The lowest BCUT2D eigenvalue weighted by Crippen LogP contribution is -2.46. The lowest BCUT2D eigenvalue weighted by molar-refractivity contribution is 0.171. The molecule has 1 heterocycles.